The lowest BCUT2D eigenvalue weighted by atomic mass is 9.84. The Morgan fingerprint density at radius 2 is 2.00 bits per heavy atom. The first-order valence-corrected chi connectivity index (χ1v) is 7.78. The number of hydrogen-bond donors (Lipinski definition) is 2. The van der Waals surface area contributed by atoms with Gasteiger partial charge < -0.3 is 15.4 Å². The number of ether oxygens (including phenoxy) is 1. The third kappa shape index (κ3) is 5.23. The summed E-state index contributed by atoms with van der Waals surface area (Å²) in [6, 6.07) is 0.148. The molecule has 0 radical (unpaired) electrons. The first-order valence-electron chi connectivity index (χ1n) is 7.78. The van der Waals surface area contributed by atoms with Gasteiger partial charge >= 0.3 is 0 Å². The van der Waals surface area contributed by atoms with Crippen LogP contribution in [0.5, 0.6) is 0 Å². The van der Waals surface area contributed by atoms with E-state index in [1.165, 1.54) is 12.8 Å². The highest BCUT2D eigenvalue weighted by Gasteiger charge is 2.26. The fourth-order valence-electron chi connectivity index (χ4n) is 3.28. The van der Waals surface area contributed by atoms with Gasteiger partial charge in [-0.1, -0.05) is 6.92 Å². The van der Waals surface area contributed by atoms with Gasteiger partial charge in [0.25, 0.3) is 0 Å². The second-order valence-corrected chi connectivity index (χ2v) is 6.18. The van der Waals surface area contributed by atoms with Crippen LogP contribution in [-0.2, 0) is 9.53 Å². The number of carbonyl (C=O) groups excluding carboxylic acids is 1. The highest BCUT2D eigenvalue weighted by Crippen LogP contribution is 2.24. The summed E-state index contributed by atoms with van der Waals surface area (Å²) in [5, 5.41) is 6.49. The molecule has 4 nitrogen and oxygen atoms in total. The van der Waals surface area contributed by atoms with Crippen molar-refractivity contribution in [2.75, 3.05) is 19.7 Å². The summed E-state index contributed by atoms with van der Waals surface area (Å²) < 4.78 is 5.61. The fourth-order valence-corrected chi connectivity index (χ4v) is 3.28. The van der Waals surface area contributed by atoms with Crippen LogP contribution in [0, 0.1) is 11.8 Å². The summed E-state index contributed by atoms with van der Waals surface area (Å²) >= 11 is 0. The maximum absolute atomic E-state index is 12.1. The Kier molecular flexibility index (Phi) is 7.85. The second-order valence-electron chi connectivity index (χ2n) is 6.18. The third-order valence-corrected chi connectivity index (χ3v) is 4.61. The molecule has 2 aliphatic heterocycles. The number of rotatable bonds is 5. The van der Waals surface area contributed by atoms with Gasteiger partial charge in [-0.05, 0) is 57.5 Å². The number of piperidine rings is 1. The topological polar surface area (TPSA) is 50.4 Å². The van der Waals surface area contributed by atoms with E-state index in [1.54, 1.807) is 0 Å². The molecule has 2 saturated heterocycles. The first-order chi connectivity index (χ1) is 9.16. The van der Waals surface area contributed by atoms with Crippen LogP contribution in [-0.4, -0.2) is 37.7 Å². The molecule has 1 amide bonds. The Hall–Kier alpha value is -0.320. The molecule has 0 bridgehead atoms. The smallest absolute Gasteiger partial charge is 0.220 e. The minimum Gasteiger partial charge on any atom is -0.376 e. The maximum Gasteiger partial charge on any atom is 0.220 e. The van der Waals surface area contributed by atoms with E-state index < -0.39 is 0 Å². The molecule has 2 aliphatic rings. The van der Waals surface area contributed by atoms with E-state index in [0.717, 1.165) is 32.5 Å². The van der Waals surface area contributed by atoms with Gasteiger partial charge in [0.1, 0.15) is 0 Å². The fraction of sp³-hybridized carbons (Fsp3) is 0.933. The molecule has 2 heterocycles. The molecule has 0 saturated carbocycles. The van der Waals surface area contributed by atoms with Crippen molar-refractivity contribution < 1.29 is 9.53 Å². The Balaban J connectivity index is 0.00000200. The second kappa shape index (κ2) is 8.85. The normalized spacial score (nSPS) is 26.6. The summed E-state index contributed by atoms with van der Waals surface area (Å²) in [6.07, 6.45) is 5.48. The summed E-state index contributed by atoms with van der Waals surface area (Å²) in [5.41, 5.74) is 0. The van der Waals surface area contributed by atoms with E-state index in [9.17, 15) is 4.79 Å². The van der Waals surface area contributed by atoms with Crippen molar-refractivity contribution in [3.63, 3.8) is 0 Å². The zero-order chi connectivity index (χ0) is 13.7. The van der Waals surface area contributed by atoms with E-state index in [0.29, 0.717) is 18.3 Å². The van der Waals surface area contributed by atoms with Crippen LogP contribution in [0.2, 0.25) is 0 Å². The Bertz CT molecular complexity index is 290. The standard InChI is InChI=1S/C15H28N2O2.ClH/c1-11(13-5-7-16-8-6-13)10-15(18)17-12(2)14-4-3-9-19-14;/h11-14,16H,3-10H2,1-2H3,(H,17,18);1H. The molecule has 0 spiro atoms. The zero-order valence-corrected chi connectivity index (χ0v) is 13.5. The lowest BCUT2D eigenvalue weighted by Crippen LogP contribution is -2.42. The van der Waals surface area contributed by atoms with Gasteiger partial charge in [-0.3, -0.25) is 4.79 Å². The number of nitrogens with one attached hydrogen (secondary N) is 2. The molecule has 0 aliphatic carbocycles. The largest absolute Gasteiger partial charge is 0.376 e. The SMILES string of the molecule is CC(CC(=O)NC(C)C1CCCO1)C1CCNCC1.Cl. The van der Waals surface area contributed by atoms with Crippen LogP contribution in [0.25, 0.3) is 0 Å². The zero-order valence-electron chi connectivity index (χ0n) is 12.7. The molecular weight excluding hydrogens is 276 g/mol. The van der Waals surface area contributed by atoms with Crippen LogP contribution < -0.4 is 10.6 Å². The number of carbonyl (C=O) groups is 1. The molecule has 20 heavy (non-hydrogen) atoms. The predicted molar refractivity (Wildman–Crippen MR) is 83.2 cm³/mol. The van der Waals surface area contributed by atoms with E-state index >= 15 is 0 Å². The molecule has 118 valence electrons. The molecule has 2 fully saturated rings. The molecular formula is C15H29ClN2O2. The van der Waals surface area contributed by atoms with E-state index in [4.69, 9.17) is 4.74 Å². The number of hydrogen-bond acceptors (Lipinski definition) is 3. The highest BCUT2D eigenvalue weighted by atomic mass is 35.5. The molecule has 3 unspecified atom stereocenters. The van der Waals surface area contributed by atoms with Gasteiger partial charge in [-0.25, -0.2) is 0 Å². The minimum absolute atomic E-state index is 0. The molecule has 5 heteroatoms. The van der Waals surface area contributed by atoms with Crippen molar-refractivity contribution in [1.29, 1.82) is 0 Å². The lowest BCUT2D eigenvalue weighted by Gasteiger charge is -2.28. The van der Waals surface area contributed by atoms with E-state index in [2.05, 4.69) is 24.5 Å². The van der Waals surface area contributed by atoms with Crippen LogP contribution >= 0.6 is 12.4 Å². The summed E-state index contributed by atoms with van der Waals surface area (Å²) in [7, 11) is 0. The van der Waals surface area contributed by atoms with Crippen molar-refractivity contribution in [3.05, 3.63) is 0 Å². The predicted octanol–water partition coefficient (Wildman–Crippen LogP) is 2.12. The monoisotopic (exact) mass is 304 g/mol. The van der Waals surface area contributed by atoms with Crippen molar-refractivity contribution in [3.8, 4) is 0 Å². The quantitative estimate of drug-likeness (QED) is 0.818. The highest BCUT2D eigenvalue weighted by molar-refractivity contribution is 5.85. The minimum atomic E-state index is 0. The van der Waals surface area contributed by atoms with Crippen LogP contribution in [0.4, 0.5) is 0 Å². The molecule has 2 N–H and O–H groups in total. The molecule has 0 aromatic carbocycles. The van der Waals surface area contributed by atoms with Crippen LogP contribution in [0.3, 0.4) is 0 Å². The summed E-state index contributed by atoms with van der Waals surface area (Å²) in [6.45, 7) is 7.32. The van der Waals surface area contributed by atoms with Gasteiger partial charge in [-0.15, -0.1) is 12.4 Å². The van der Waals surface area contributed by atoms with E-state index in [-0.39, 0.29) is 30.5 Å². The summed E-state index contributed by atoms with van der Waals surface area (Å²) in [5.74, 6) is 1.37. The van der Waals surface area contributed by atoms with Gasteiger partial charge in [-0.2, -0.15) is 0 Å². The summed E-state index contributed by atoms with van der Waals surface area (Å²) in [4.78, 5) is 12.1. The Morgan fingerprint density at radius 3 is 2.60 bits per heavy atom. The molecule has 0 aromatic heterocycles. The van der Waals surface area contributed by atoms with Crippen molar-refractivity contribution in [2.45, 2.75) is 58.1 Å². The van der Waals surface area contributed by atoms with Crippen molar-refractivity contribution >= 4 is 18.3 Å². The van der Waals surface area contributed by atoms with E-state index in [1.807, 2.05) is 0 Å². The van der Waals surface area contributed by atoms with Crippen molar-refractivity contribution in [2.24, 2.45) is 11.8 Å². The number of halogens is 1. The van der Waals surface area contributed by atoms with Crippen molar-refractivity contribution in [1.82, 2.24) is 10.6 Å². The number of amides is 1. The van der Waals surface area contributed by atoms with Gasteiger partial charge in [0.2, 0.25) is 5.91 Å². The average molecular weight is 305 g/mol. The Labute approximate surface area is 128 Å². The first kappa shape index (κ1) is 17.7. The maximum atomic E-state index is 12.1. The lowest BCUT2D eigenvalue weighted by molar-refractivity contribution is -0.123. The van der Waals surface area contributed by atoms with Gasteiger partial charge in [0.05, 0.1) is 12.1 Å². The van der Waals surface area contributed by atoms with Gasteiger partial charge in [0.15, 0.2) is 0 Å². The molecule has 0 aromatic rings. The molecule has 2 rings (SSSR count). The Morgan fingerprint density at radius 1 is 1.30 bits per heavy atom. The average Bonchev–Trinajstić information content (AvgIpc) is 2.93. The third-order valence-electron chi connectivity index (χ3n) is 4.61. The van der Waals surface area contributed by atoms with Crippen LogP contribution in [0.15, 0.2) is 0 Å². The molecule has 3 atom stereocenters. The van der Waals surface area contributed by atoms with Crippen LogP contribution in [0.1, 0.15) is 46.0 Å². The van der Waals surface area contributed by atoms with Gasteiger partial charge in [0, 0.05) is 13.0 Å².